The van der Waals surface area contributed by atoms with Crippen LogP contribution in [0.25, 0.3) is 0 Å². The van der Waals surface area contributed by atoms with Crippen LogP contribution in [0.3, 0.4) is 0 Å². The maximum absolute atomic E-state index is 12.6. The molecule has 0 radical (unpaired) electrons. The molecule has 1 aromatic heterocycles. The molecule has 1 aliphatic heterocycles. The molecule has 2 aromatic carbocycles. The van der Waals surface area contributed by atoms with Crippen LogP contribution in [0.2, 0.25) is 0 Å². The molecular weight excluding hydrogens is 418 g/mol. The summed E-state index contributed by atoms with van der Waals surface area (Å²) in [5, 5.41) is 22.9. The fourth-order valence-electron chi connectivity index (χ4n) is 3.62. The van der Waals surface area contributed by atoms with Crippen LogP contribution in [0.5, 0.6) is 0 Å². The van der Waals surface area contributed by atoms with Crippen molar-refractivity contribution in [3.05, 3.63) is 74.3 Å². The number of amides is 2. The highest BCUT2D eigenvalue weighted by molar-refractivity contribution is 7.15. The van der Waals surface area contributed by atoms with E-state index in [0.29, 0.717) is 23.5 Å². The van der Waals surface area contributed by atoms with Crippen molar-refractivity contribution in [1.29, 1.82) is 0 Å². The number of carbonyl (C=O) groups excluding carboxylic acids is 2. The second-order valence-corrected chi connectivity index (χ2v) is 8.38. The van der Waals surface area contributed by atoms with Crippen molar-refractivity contribution in [3.63, 3.8) is 0 Å². The van der Waals surface area contributed by atoms with Gasteiger partial charge in [0.1, 0.15) is 10.6 Å². The van der Waals surface area contributed by atoms with E-state index in [1.807, 2.05) is 31.2 Å². The second kappa shape index (κ2) is 8.23. The van der Waals surface area contributed by atoms with Gasteiger partial charge in [-0.05, 0) is 37.6 Å². The van der Waals surface area contributed by atoms with Gasteiger partial charge in [-0.1, -0.05) is 35.6 Å². The van der Waals surface area contributed by atoms with Gasteiger partial charge >= 0.3 is 0 Å². The monoisotopic (exact) mass is 437 g/mol. The van der Waals surface area contributed by atoms with Crippen LogP contribution < -0.4 is 10.2 Å². The Morgan fingerprint density at radius 1 is 1.23 bits per heavy atom. The summed E-state index contributed by atoms with van der Waals surface area (Å²) >= 11 is 1.17. The van der Waals surface area contributed by atoms with E-state index in [2.05, 4.69) is 15.5 Å². The molecule has 2 heterocycles. The lowest BCUT2D eigenvalue weighted by molar-refractivity contribution is -0.385. The average molecular weight is 437 g/mol. The quantitative estimate of drug-likeness (QED) is 0.479. The van der Waals surface area contributed by atoms with E-state index >= 15 is 0 Å². The van der Waals surface area contributed by atoms with Crippen LogP contribution in [0.1, 0.15) is 38.8 Å². The number of anilines is 2. The van der Waals surface area contributed by atoms with E-state index in [1.165, 1.54) is 17.4 Å². The molecule has 4 rings (SSSR count). The topological polar surface area (TPSA) is 118 Å². The number of aromatic nitrogens is 2. The Bertz CT molecular complexity index is 1190. The molecular formula is C21H19N5O4S. The lowest BCUT2D eigenvalue weighted by Gasteiger charge is -2.16. The number of nitrogens with zero attached hydrogens (tertiary/aromatic N) is 4. The van der Waals surface area contributed by atoms with E-state index in [9.17, 15) is 19.7 Å². The predicted molar refractivity (Wildman–Crippen MR) is 117 cm³/mol. The molecule has 1 unspecified atom stereocenters. The highest BCUT2D eigenvalue weighted by Crippen LogP contribution is 2.34. The summed E-state index contributed by atoms with van der Waals surface area (Å²) in [6.07, 6.45) is 0.305. The zero-order valence-electron chi connectivity index (χ0n) is 16.9. The van der Waals surface area contributed by atoms with Gasteiger partial charge in [0, 0.05) is 30.1 Å². The van der Waals surface area contributed by atoms with E-state index in [-0.39, 0.29) is 28.2 Å². The van der Waals surface area contributed by atoms with Crippen molar-refractivity contribution in [2.45, 2.75) is 26.2 Å². The molecule has 0 saturated carbocycles. The molecule has 3 aromatic rings. The maximum atomic E-state index is 12.6. The standard InChI is InChI=1S/C21H19N5O4S/c1-12-5-3-7-15(9-12)25-11-14(10-17(25)27)20-23-24-21(31-20)22-19(28)16-8-4-6-13(2)18(16)26(29)30/h3-9,14H,10-11H2,1-2H3,(H,22,24,28). The summed E-state index contributed by atoms with van der Waals surface area (Å²) in [6.45, 7) is 4.03. The molecule has 1 N–H and O–H groups in total. The first-order valence-corrected chi connectivity index (χ1v) is 10.4. The summed E-state index contributed by atoms with van der Waals surface area (Å²) in [5.41, 5.74) is 2.04. The summed E-state index contributed by atoms with van der Waals surface area (Å²) in [7, 11) is 0. The van der Waals surface area contributed by atoms with Crippen LogP contribution in [-0.2, 0) is 4.79 Å². The SMILES string of the molecule is Cc1cccc(N2CC(c3nnc(NC(=O)c4cccc(C)c4[N+](=O)[O-])s3)CC2=O)c1. The number of hydrogen-bond donors (Lipinski definition) is 1. The van der Waals surface area contributed by atoms with Crippen LogP contribution in [0.15, 0.2) is 42.5 Å². The molecule has 1 aliphatic rings. The van der Waals surface area contributed by atoms with Crippen LogP contribution in [-0.4, -0.2) is 33.5 Å². The van der Waals surface area contributed by atoms with Gasteiger partial charge in [0.2, 0.25) is 11.0 Å². The van der Waals surface area contributed by atoms with Gasteiger partial charge in [-0.25, -0.2) is 0 Å². The van der Waals surface area contributed by atoms with Gasteiger partial charge in [0.15, 0.2) is 0 Å². The number of carbonyl (C=O) groups is 2. The van der Waals surface area contributed by atoms with Gasteiger partial charge in [0.25, 0.3) is 11.6 Å². The Labute approximate surface area is 181 Å². The molecule has 31 heavy (non-hydrogen) atoms. The van der Waals surface area contributed by atoms with Gasteiger partial charge < -0.3 is 4.90 Å². The molecule has 0 spiro atoms. The molecule has 10 heteroatoms. The normalized spacial score (nSPS) is 15.9. The fraction of sp³-hybridized carbons (Fsp3) is 0.238. The smallest absolute Gasteiger partial charge is 0.285 e. The number of para-hydroxylation sites is 1. The molecule has 158 valence electrons. The minimum absolute atomic E-state index is 0.00627. The third-order valence-electron chi connectivity index (χ3n) is 5.11. The minimum atomic E-state index is -0.623. The van der Waals surface area contributed by atoms with Gasteiger partial charge in [-0.15, -0.1) is 10.2 Å². The third-order valence-corrected chi connectivity index (χ3v) is 6.11. The van der Waals surface area contributed by atoms with E-state index in [4.69, 9.17) is 0 Å². The maximum Gasteiger partial charge on any atom is 0.285 e. The number of rotatable bonds is 5. The van der Waals surface area contributed by atoms with Crippen molar-refractivity contribution in [2.75, 3.05) is 16.8 Å². The van der Waals surface area contributed by atoms with Crippen molar-refractivity contribution >= 4 is 39.7 Å². The van der Waals surface area contributed by atoms with Crippen LogP contribution in [0, 0.1) is 24.0 Å². The summed E-state index contributed by atoms with van der Waals surface area (Å²) in [6, 6.07) is 12.3. The Morgan fingerprint density at radius 3 is 2.74 bits per heavy atom. The van der Waals surface area contributed by atoms with Gasteiger partial charge in [-0.2, -0.15) is 0 Å². The van der Waals surface area contributed by atoms with E-state index in [1.54, 1.807) is 24.0 Å². The molecule has 1 atom stereocenters. The van der Waals surface area contributed by atoms with Crippen molar-refractivity contribution < 1.29 is 14.5 Å². The Hall–Kier alpha value is -3.66. The zero-order chi connectivity index (χ0) is 22.1. The molecule has 0 aliphatic carbocycles. The predicted octanol–water partition coefficient (Wildman–Crippen LogP) is 3.84. The average Bonchev–Trinajstić information content (AvgIpc) is 3.34. The molecule has 2 amide bonds. The fourth-order valence-corrected chi connectivity index (χ4v) is 4.45. The first-order chi connectivity index (χ1) is 14.8. The minimum Gasteiger partial charge on any atom is -0.312 e. The van der Waals surface area contributed by atoms with Crippen molar-refractivity contribution in [1.82, 2.24) is 10.2 Å². The first-order valence-electron chi connectivity index (χ1n) is 9.59. The molecule has 9 nitrogen and oxygen atoms in total. The van der Waals surface area contributed by atoms with Crippen molar-refractivity contribution in [3.8, 4) is 0 Å². The highest BCUT2D eigenvalue weighted by Gasteiger charge is 2.34. The molecule has 1 fully saturated rings. The number of nitro groups is 1. The Kier molecular flexibility index (Phi) is 5.47. The van der Waals surface area contributed by atoms with Crippen LogP contribution in [0.4, 0.5) is 16.5 Å². The largest absolute Gasteiger partial charge is 0.312 e. The number of nitrogens with one attached hydrogen (secondary N) is 1. The van der Waals surface area contributed by atoms with E-state index in [0.717, 1.165) is 11.3 Å². The summed E-state index contributed by atoms with van der Waals surface area (Å²) in [5.74, 6) is -0.752. The molecule has 1 saturated heterocycles. The summed E-state index contributed by atoms with van der Waals surface area (Å²) < 4.78 is 0. The number of nitro benzene ring substituents is 1. The Morgan fingerprint density at radius 2 is 2.00 bits per heavy atom. The lowest BCUT2D eigenvalue weighted by atomic mass is 10.1. The second-order valence-electron chi connectivity index (χ2n) is 7.37. The molecule has 0 bridgehead atoms. The lowest BCUT2D eigenvalue weighted by Crippen LogP contribution is -2.24. The van der Waals surface area contributed by atoms with E-state index < -0.39 is 10.8 Å². The van der Waals surface area contributed by atoms with Gasteiger partial charge in [0.05, 0.1) is 4.92 Å². The third kappa shape index (κ3) is 4.15. The van der Waals surface area contributed by atoms with Crippen LogP contribution >= 0.6 is 11.3 Å². The number of aryl methyl sites for hydroxylation is 2. The van der Waals surface area contributed by atoms with Crippen molar-refractivity contribution in [2.24, 2.45) is 0 Å². The zero-order valence-corrected chi connectivity index (χ0v) is 17.7. The number of hydrogen-bond acceptors (Lipinski definition) is 7. The highest BCUT2D eigenvalue weighted by atomic mass is 32.1. The Balaban J connectivity index is 1.49. The summed E-state index contributed by atoms with van der Waals surface area (Å²) in [4.78, 5) is 37.6. The van der Waals surface area contributed by atoms with Gasteiger partial charge in [-0.3, -0.25) is 25.0 Å². The number of benzene rings is 2. The first kappa shape index (κ1) is 20.6.